The predicted molar refractivity (Wildman–Crippen MR) is 261 cm³/mol. The van der Waals surface area contributed by atoms with Gasteiger partial charge in [-0.15, -0.1) is 0 Å². The second-order valence-corrected chi connectivity index (χ2v) is 17.6. The third-order valence-electron chi connectivity index (χ3n) is 13.0. The number of rotatable bonds is 5. The second kappa shape index (κ2) is 14.6. The molecule has 1 aliphatic heterocycles. The highest BCUT2D eigenvalue weighted by Gasteiger charge is 2.50. The minimum atomic E-state index is -0.558. The number of hydrogen-bond donors (Lipinski definition) is 0. The molecular weight excluding hydrogens is 797 g/mol. The average molecular weight is 833 g/mol. The maximum absolute atomic E-state index is 5.34. The highest BCUT2D eigenvalue weighted by atomic mass is 32.2. The molecule has 5 heteroatoms. The number of para-hydroxylation sites is 1. The molecule has 0 fully saturated rings. The first kappa shape index (κ1) is 36.6. The monoisotopic (exact) mass is 832 g/mol. The first-order chi connectivity index (χ1) is 31.7. The highest BCUT2D eigenvalue weighted by molar-refractivity contribution is 7.99. The maximum atomic E-state index is 5.34. The molecule has 3 heterocycles. The Hall–Kier alpha value is -7.99. The maximum Gasteiger partial charge on any atom is 0.164 e. The molecule has 0 bridgehead atoms. The van der Waals surface area contributed by atoms with Crippen molar-refractivity contribution in [2.75, 3.05) is 0 Å². The van der Waals surface area contributed by atoms with Gasteiger partial charge in [-0.2, -0.15) is 0 Å². The van der Waals surface area contributed by atoms with Crippen LogP contribution in [0.1, 0.15) is 22.3 Å². The zero-order chi connectivity index (χ0) is 42.2. The Labute approximate surface area is 375 Å². The van der Waals surface area contributed by atoms with Gasteiger partial charge in [0.2, 0.25) is 0 Å². The molecule has 0 saturated carbocycles. The number of pyridine rings is 1. The second-order valence-electron chi connectivity index (χ2n) is 16.5. The predicted octanol–water partition coefficient (Wildman–Crippen LogP) is 14.7. The lowest BCUT2D eigenvalue weighted by molar-refractivity contribution is 0.723. The number of benzene rings is 9. The minimum Gasteiger partial charge on any atom is -0.247 e. The molecule has 1 aliphatic carbocycles. The van der Waals surface area contributed by atoms with E-state index in [1.807, 2.05) is 72.4 Å². The van der Waals surface area contributed by atoms with E-state index in [1.54, 1.807) is 0 Å². The number of hydrogen-bond acceptors (Lipinski definition) is 5. The molecule has 2 aliphatic rings. The third kappa shape index (κ3) is 5.64. The van der Waals surface area contributed by atoms with E-state index in [0.29, 0.717) is 17.5 Å². The molecule has 11 aromatic rings. The van der Waals surface area contributed by atoms with Crippen molar-refractivity contribution in [2.45, 2.75) is 15.2 Å². The van der Waals surface area contributed by atoms with Gasteiger partial charge in [0.1, 0.15) is 0 Å². The lowest BCUT2D eigenvalue weighted by Crippen LogP contribution is -2.32. The van der Waals surface area contributed by atoms with Gasteiger partial charge >= 0.3 is 0 Å². The largest absolute Gasteiger partial charge is 0.247 e. The summed E-state index contributed by atoms with van der Waals surface area (Å²) in [6, 6.07) is 78.2. The fourth-order valence-electron chi connectivity index (χ4n) is 10.1. The Morgan fingerprint density at radius 2 is 0.781 bits per heavy atom. The van der Waals surface area contributed by atoms with Crippen molar-refractivity contribution in [3.05, 3.63) is 241 Å². The third-order valence-corrected chi connectivity index (χ3v) is 14.1. The SMILES string of the molecule is c1ccc(-c2nc(-c3ccccc3)nc(-c3ccc(-c4ccc5c(c4)C4(c6ccccc6Sc6ccccc64)c4cc6c(cc4-5)c(-c4ccccc4)nc4ccccc46)cc3)n2)cc1. The van der Waals surface area contributed by atoms with Gasteiger partial charge in [-0.05, 0) is 86.3 Å². The van der Waals surface area contributed by atoms with E-state index >= 15 is 0 Å². The van der Waals surface area contributed by atoms with Crippen molar-refractivity contribution in [3.63, 3.8) is 0 Å². The molecule has 0 unspecified atom stereocenters. The van der Waals surface area contributed by atoms with Crippen LogP contribution in [0.15, 0.2) is 228 Å². The van der Waals surface area contributed by atoms with Gasteiger partial charge in [0.05, 0.1) is 16.6 Å². The van der Waals surface area contributed by atoms with E-state index in [0.717, 1.165) is 55.4 Å². The van der Waals surface area contributed by atoms with E-state index in [9.17, 15) is 0 Å². The van der Waals surface area contributed by atoms with Crippen LogP contribution in [0.5, 0.6) is 0 Å². The average Bonchev–Trinajstić information content (AvgIpc) is 3.65. The van der Waals surface area contributed by atoms with Gasteiger partial charge in [-0.1, -0.05) is 194 Å². The summed E-state index contributed by atoms with van der Waals surface area (Å²) in [5, 5.41) is 3.52. The van der Waals surface area contributed by atoms with Crippen LogP contribution in [0.4, 0.5) is 0 Å². The van der Waals surface area contributed by atoms with Crippen molar-refractivity contribution in [1.29, 1.82) is 0 Å². The summed E-state index contributed by atoms with van der Waals surface area (Å²) < 4.78 is 0. The van der Waals surface area contributed by atoms with Crippen molar-refractivity contribution in [2.24, 2.45) is 0 Å². The van der Waals surface area contributed by atoms with Crippen LogP contribution in [0.25, 0.3) is 89.4 Å². The van der Waals surface area contributed by atoms with Gasteiger partial charge < -0.3 is 0 Å². The summed E-state index contributed by atoms with van der Waals surface area (Å²) in [6.07, 6.45) is 0. The van der Waals surface area contributed by atoms with E-state index in [-0.39, 0.29) is 0 Å². The lowest BCUT2D eigenvalue weighted by atomic mass is 9.67. The molecule has 1 spiro atoms. The number of aromatic nitrogens is 4. The summed E-state index contributed by atoms with van der Waals surface area (Å²) in [5.41, 5.74) is 15.3. The quantitative estimate of drug-likeness (QED) is 0.162. The smallest absolute Gasteiger partial charge is 0.164 e. The molecular formula is C59H36N4S. The molecule has 0 atom stereocenters. The van der Waals surface area contributed by atoms with Crippen LogP contribution in [-0.2, 0) is 5.41 Å². The molecule has 0 amide bonds. The summed E-state index contributed by atoms with van der Waals surface area (Å²) in [7, 11) is 0. The zero-order valence-corrected chi connectivity index (χ0v) is 35.3. The van der Waals surface area contributed by atoms with Crippen molar-refractivity contribution >= 4 is 33.4 Å². The van der Waals surface area contributed by atoms with Crippen LogP contribution in [0.2, 0.25) is 0 Å². The molecule has 0 N–H and O–H groups in total. The molecule has 4 nitrogen and oxygen atoms in total. The van der Waals surface area contributed by atoms with Crippen molar-refractivity contribution in [1.82, 2.24) is 19.9 Å². The Kier molecular flexibility index (Phi) is 8.33. The number of nitrogens with zero attached hydrogens (tertiary/aromatic N) is 4. The van der Waals surface area contributed by atoms with Gasteiger partial charge in [0.15, 0.2) is 17.5 Å². The fourth-order valence-corrected chi connectivity index (χ4v) is 11.3. The molecule has 0 radical (unpaired) electrons. The van der Waals surface area contributed by atoms with E-state index < -0.39 is 5.41 Å². The topological polar surface area (TPSA) is 51.6 Å². The minimum absolute atomic E-state index is 0.558. The molecule has 13 rings (SSSR count). The van der Waals surface area contributed by atoms with Crippen molar-refractivity contribution in [3.8, 4) is 67.7 Å². The van der Waals surface area contributed by atoms with Crippen LogP contribution in [-0.4, -0.2) is 19.9 Å². The highest BCUT2D eigenvalue weighted by Crippen LogP contribution is 2.63. The van der Waals surface area contributed by atoms with Gasteiger partial charge in [-0.3, -0.25) is 0 Å². The Bertz CT molecular complexity index is 3520. The molecule has 9 aromatic carbocycles. The Balaban J connectivity index is 1.02. The summed E-state index contributed by atoms with van der Waals surface area (Å²) in [4.78, 5) is 22.8. The van der Waals surface area contributed by atoms with Crippen molar-refractivity contribution < 1.29 is 0 Å². The Morgan fingerprint density at radius 3 is 1.41 bits per heavy atom. The molecule has 0 saturated heterocycles. The zero-order valence-electron chi connectivity index (χ0n) is 34.5. The van der Waals surface area contributed by atoms with Crippen LogP contribution in [0.3, 0.4) is 0 Å². The number of fused-ring (bicyclic) bond motifs is 12. The fraction of sp³-hybridized carbons (Fsp3) is 0.0169. The first-order valence-corrected chi connectivity index (χ1v) is 22.4. The summed E-state index contributed by atoms with van der Waals surface area (Å²) in [5.74, 6) is 1.94. The van der Waals surface area contributed by atoms with Gasteiger partial charge in [0, 0.05) is 42.8 Å². The van der Waals surface area contributed by atoms with Crippen LogP contribution >= 0.6 is 11.8 Å². The lowest BCUT2D eigenvalue weighted by Gasteiger charge is -2.40. The molecule has 298 valence electrons. The normalized spacial score (nSPS) is 13.1. The molecule has 2 aromatic heterocycles. The van der Waals surface area contributed by atoms with Crippen LogP contribution in [0, 0.1) is 0 Å². The van der Waals surface area contributed by atoms with E-state index in [1.165, 1.54) is 48.6 Å². The van der Waals surface area contributed by atoms with E-state index in [4.69, 9.17) is 19.9 Å². The first-order valence-electron chi connectivity index (χ1n) is 21.6. The standard InChI is InChI=1S/C59H36N4S/c1-4-16-38(17-5-1)55-47-35-46-43-33-32-42(37-28-30-41(31-29-37)58-62-56(39-18-6-2-7-19-39)61-57(63-58)40-20-8-3-9-21-40)34-50(43)59(51(46)36-45(47)44-22-10-13-25-52(44)60-55)48-23-11-14-26-53(48)64-54-27-15-12-24-49(54)59/h1-36H. The van der Waals surface area contributed by atoms with Gasteiger partial charge in [0.25, 0.3) is 0 Å². The van der Waals surface area contributed by atoms with E-state index in [2.05, 4.69) is 158 Å². The summed E-state index contributed by atoms with van der Waals surface area (Å²) >= 11 is 1.87. The van der Waals surface area contributed by atoms with Gasteiger partial charge in [-0.25, -0.2) is 19.9 Å². The summed E-state index contributed by atoms with van der Waals surface area (Å²) in [6.45, 7) is 0. The Morgan fingerprint density at radius 1 is 0.297 bits per heavy atom. The molecule has 64 heavy (non-hydrogen) atoms. The van der Waals surface area contributed by atoms with Crippen LogP contribution < -0.4 is 0 Å².